The Labute approximate surface area is 89.0 Å². The minimum absolute atomic E-state index is 0.143. The van der Waals surface area contributed by atoms with E-state index in [0.717, 1.165) is 19.3 Å². The summed E-state index contributed by atoms with van der Waals surface area (Å²) in [5.41, 5.74) is 1.33. The normalized spacial score (nSPS) is 29.3. The lowest BCUT2D eigenvalue weighted by Gasteiger charge is -2.21. The maximum absolute atomic E-state index is 9.68. The average Bonchev–Trinajstić information content (AvgIpc) is 2.77. The number of nitrogens with one attached hydrogen (secondary N) is 1. The van der Waals surface area contributed by atoms with Gasteiger partial charge in [0.1, 0.15) is 0 Å². The Morgan fingerprint density at radius 3 is 3.00 bits per heavy atom. The fourth-order valence-corrected chi connectivity index (χ4v) is 2.83. The van der Waals surface area contributed by atoms with Crippen LogP contribution in [0.4, 0.5) is 0 Å². The van der Waals surface area contributed by atoms with Crippen molar-refractivity contribution in [2.24, 2.45) is 0 Å². The average molecular weight is 211 g/mol. The molecule has 1 saturated carbocycles. The van der Waals surface area contributed by atoms with Gasteiger partial charge < -0.3 is 10.4 Å². The lowest BCUT2D eigenvalue weighted by Crippen LogP contribution is -2.37. The van der Waals surface area contributed by atoms with E-state index < -0.39 is 0 Å². The van der Waals surface area contributed by atoms with Crippen molar-refractivity contribution in [3.8, 4) is 0 Å². The second-order valence-electron chi connectivity index (χ2n) is 4.05. The van der Waals surface area contributed by atoms with Crippen molar-refractivity contribution in [3.05, 3.63) is 22.4 Å². The van der Waals surface area contributed by atoms with Crippen molar-refractivity contribution in [1.82, 2.24) is 5.32 Å². The molecule has 0 aliphatic heterocycles. The van der Waals surface area contributed by atoms with E-state index >= 15 is 0 Å². The zero-order valence-electron chi connectivity index (χ0n) is 8.44. The molecule has 0 aromatic carbocycles. The fraction of sp³-hybridized carbons (Fsp3) is 0.636. The molecular formula is C11H17NOS. The van der Waals surface area contributed by atoms with Crippen LogP contribution in [0.3, 0.4) is 0 Å². The first-order valence-electron chi connectivity index (χ1n) is 5.23. The number of thiophene rings is 1. The van der Waals surface area contributed by atoms with Gasteiger partial charge in [-0.25, -0.2) is 0 Å². The molecule has 78 valence electrons. The molecule has 0 saturated heterocycles. The van der Waals surface area contributed by atoms with Crippen LogP contribution < -0.4 is 5.32 Å². The van der Waals surface area contributed by atoms with Crippen molar-refractivity contribution >= 4 is 11.3 Å². The van der Waals surface area contributed by atoms with Gasteiger partial charge in [-0.05, 0) is 48.6 Å². The highest BCUT2D eigenvalue weighted by Crippen LogP contribution is 2.23. The Hall–Kier alpha value is -0.380. The van der Waals surface area contributed by atoms with Crippen molar-refractivity contribution in [1.29, 1.82) is 0 Å². The molecule has 1 heterocycles. The third-order valence-electron chi connectivity index (χ3n) is 2.99. The van der Waals surface area contributed by atoms with Gasteiger partial charge in [-0.3, -0.25) is 0 Å². The highest BCUT2D eigenvalue weighted by atomic mass is 32.1. The minimum atomic E-state index is -0.143. The lowest BCUT2D eigenvalue weighted by atomic mass is 10.1. The Morgan fingerprint density at radius 2 is 2.43 bits per heavy atom. The van der Waals surface area contributed by atoms with Gasteiger partial charge in [0.15, 0.2) is 0 Å². The van der Waals surface area contributed by atoms with Crippen LogP contribution in [0.1, 0.15) is 37.8 Å². The smallest absolute Gasteiger partial charge is 0.0693 e. The van der Waals surface area contributed by atoms with Gasteiger partial charge in [0.05, 0.1) is 6.10 Å². The van der Waals surface area contributed by atoms with Crippen LogP contribution in [-0.2, 0) is 0 Å². The summed E-state index contributed by atoms with van der Waals surface area (Å²) in [6, 6.07) is 2.80. The van der Waals surface area contributed by atoms with Crippen LogP contribution in [-0.4, -0.2) is 17.3 Å². The predicted molar refractivity (Wildman–Crippen MR) is 59.5 cm³/mol. The molecule has 1 fully saturated rings. The standard InChI is InChI=1S/C11H17NOS/c1-8(9-5-6-14-7-9)12-10-3-2-4-11(10)13/h5-8,10-13H,2-4H2,1H3/t8?,10-,11-/m1/s1. The number of aliphatic hydroxyl groups is 1. The first kappa shape index (κ1) is 10.1. The van der Waals surface area contributed by atoms with Gasteiger partial charge in [-0.2, -0.15) is 11.3 Å². The molecule has 0 bridgehead atoms. The Bertz CT molecular complexity index is 273. The second-order valence-corrected chi connectivity index (χ2v) is 4.83. The van der Waals surface area contributed by atoms with Gasteiger partial charge >= 0.3 is 0 Å². The highest BCUT2D eigenvalue weighted by Gasteiger charge is 2.26. The van der Waals surface area contributed by atoms with Gasteiger partial charge in [0.25, 0.3) is 0 Å². The largest absolute Gasteiger partial charge is 0.392 e. The summed E-state index contributed by atoms with van der Waals surface area (Å²) in [5.74, 6) is 0. The maximum Gasteiger partial charge on any atom is 0.0693 e. The molecule has 0 amide bonds. The Morgan fingerprint density at radius 1 is 1.57 bits per heavy atom. The molecular weight excluding hydrogens is 194 g/mol. The summed E-state index contributed by atoms with van der Waals surface area (Å²) in [4.78, 5) is 0. The van der Waals surface area contributed by atoms with E-state index in [4.69, 9.17) is 0 Å². The predicted octanol–water partition coefficient (Wildman–Crippen LogP) is 2.31. The van der Waals surface area contributed by atoms with E-state index in [9.17, 15) is 5.11 Å². The van der Waals surface area contributed by atoms with Crippen LogP contribution in [0, 0.1) is 0 Å². The summed E-state index contributed by atoms with van der Waals surface area (Å²) in [6.45, 7) is 2.16. The first-order chi connectivity index (χ1) is 6.77. The van der Waals surface area contributed by atoms with Crippen LogP contribution in [0.5, 0.6) is 0 Å². The monoisotopic (exact) mass is 211 g/mol. The summed E-state index contributed by atoms with van der Waals surface area (Å²) in [7, 11) is 0. The quantitative estimate of drug-likeness (QED) is 0.804. The van der Waals surface area contributed by atoms with Gasteiger partial charge in [0, 0.05) is 12.1 Å². The van der Waals surface area contributed by atoms with E-state index in [-0.39, 0.29) is 6.10 Å². The van der Waals surface area contributed by atoms with E-state index in [1.807, 2.05) is 0 Å². The lowest BCUT2D eigenvalue weighted by molar-refractivity contribution is 0.144. The molecule has 0 radical (unpaired) electrons. The molecule has 3 heteroatoms. The summed E-state index contributed by atoms with van der Waals surface area (Å²) < 4.78 is 0. The zero-order valence-corrected chi connectivity index (χ0v) is 9.26. The summed E-state index contributed by atoms with van der Waals surface area (Å²) >= 11 is 1.72. The second kappa shape index (κ2) is 4.43. The van der Waals surface area contributed by atoms with E-state index in [0.29, 0.717) is 12.1 Å². The third-order valence-corrected chi connectivity index (χ3v) is 3.69. The van der Waals surface area contributed by atoms with E-state index in [2.05, 4.69) is 29.1 Å². The van der Waals surface area contributed by atoms with Crippen LogP contribution >= 0.6 is 11.3 Å². The van der Waals surface area contributed by atoms with Gasteiger partial charge in [-0.1, -0.05) is 0 Å². The molecule has 1 aromatic heterocycles. The third kappa shape index (κ3) is 2.16. The van der Waals surface area contributed by atoms with Crippen LogP contribution in [0.25, 0.3) is 0 Å². The maximum atomic E-state index is 9.68. The first-order valence-corrected chi connectivity index (χ1v) is 6.18. The number of rotatable bonds is 3. The molecule has 2 N–H and O–H groups in total. The number of hydrogen-bond donors (Lipinski definition) is 2. The van der Waals surface area contributed by atoms with Crippen molar-refractivity contribution in [3.63, 3.8) is 0 Å². The molecule has 14 heavy (non-hydrogen) atoms. The Kier molecular flexibility index (Phi) is 3.21. The van der Waals surface area contributed by atoms with Gasteiger partial charge in [0.2, 0.25) is 0 Å². The molecule has 2 rings (SSSR count). The molecule has 3 atom stereocenters. The number of aliphatic hydroxyl groups excluding tert-OH is 1. The molecule has 1 unspecified atom stereocenters. The van der Waals surface area contributed by atoms with Gasteiger partial charge in [-0.15, -0.1) is 0 Å². The Balaban J connectivity index is 1.91. The summed E-state index contributed by atoms with van der Waals surface area (Å²) in [6.07, 6.45) is 3.06. The number of hydrogen-bond acceptors (Lipinski definition) is 3. The highest BCUT2D eigenvalue weighted by molar-refractivity contribution is 7.07. The molecule has 2 nitrogen and oxygen atoms in total. The minimum Gasteiger partial charge on any atom is -0.392 e. The van der Waals surface area contributed by atoms with Crippen molar-refractivity contribution in [2.75, 3.05) is 0 Å². The molecule has 1 aliphatic rings. The topological polar surface area (TPSA) is 32.3 Å². The fourth-order valence-electron chi connectivity index (χ4n) is 2.07. The van der Waals surface area contributed by atoms with Crippen LogP contribution in [0.15, 0.2) is 16.8 Å². The van der Waals surface area contributed by atoms with Crippen molar-refractivity contribution in [2.45, 2.75) is 44.4 Å². The summed E-state index contributed by atoms with van der Waals surface area (Å²) in [5, 5.41) is 17.4. The van der Waals surface area contributed by atoms with Crippen molar-refractivity contribution < 1.29 is 5.11 Å². The SMILES string of the molecule is CC(N[C@@H]1CCC[C@H]1O)c1ccsc1. The van der Waals surface area contributed by atoms with E-state index in [1.165, 1.54) is 5.56 Å². The molecule has 0 spiro atoms. The van der Waals surface area contributed by atoms with Crippen LogP contribution in [0.2, 0.25) is 0 Å². The molecule has 1 aliphatic carbocycles. The molecule has 1 aromatic rings. The zero-order chi connectivity index (χ0) is 9.97. The van der Waals surface area contributed by atoms with E-state index in [1.54, 1.807) is 11.3 Å².